The first-order valence-corrected chi connectivity index (χ1v) is 20.5. The first kappa shape index (κ1) is 48.4. The van der Waals surface area contributed by atoms with E-state index in [-0.39, 0.29) is 43.1 Å². The van der Waals surface area contributed by atoms with Gasteiger partial charge in [-0.2, -0.15) is 0 Å². The zero-order chi connectivity index (χ0) is 43.6. The van der Waals surface area contributed by atoms with E-state index in [2.05, 4.69) is 42.5 Å². The molecule has 8 aromatic rings. The fourth-order valence-electron chi connectivity index (χ4n) is 7.40. The average molecular weight is 855 g/mol. The topological polar surface area (TPSA) is 190 Å². The number of aryl methyl sites for hydroxylation is 2. The molecule has 11 nitrogen and oxygen atoms in total. The number of carbonyl (C=O) groups excluding carboxylic acids is 1. The molecule has 0 amide bonds. The van der Waals surface area contributed by atoms with Gasteiger partial charge in [-0.1, -0.05) is 72.8 Å². The van der Waals surface area contributed by atoms with Crippen LogP contribution in [0.2, 0.25) is 0 Å². The van der Waals surface area contributed by atoms with Crippen LogP contribution in [-0.2, 0) is 53.5 Å². The summed E-state index contributed by atoms with van der Waals surface area (Å²) in [5.41, 5.74) is 25.1. The van der Waals surface area contributed by atoms with Crippen molar-refractivity contribution in [2.24, 2.45) is 11.5 Å². The van der Waals surface area contributed by atoms with Gasteiger partial charge in [0, 0.05) is 46.1 Å². The molecular weight excluding hydrogens is 804 g/mol. The minimum Gasteiger partial charge on any atom is -0.870 e. The third-order valence-electron chi connectivity index (χ3n) is 10.5. The molecule has 0 radical (unpaired) electrons. The molecule has 0 spiro atoms. The fourth-order valence-corrected chi connectivity index (χ4v) is 7.40. The predicted molar refractivity (Wildman–Crippen MR) is 244 cm³/mol. The van der Waals surface area contributed by atoms with E-state index in [4.69, 9.17) is 39.6 Å². The van der Waals surface area contributed by atoms with Gasteiger partial charge < -0.3 is 45.1 Å². The van der Waals surface area contributed by atoms with Gasteiger partial charge >= 0.3 is 30.8 Å². The van der Waals surface area contributed by atoms with Crippen LogP contribution in [0.25, 0.3) is 44.2 Å². The van der Waals surface area contributed by atoms with Gasteiger partial charge in [0.1, 0.15) is 35.9 Å². The van der Waals surface area contributed by atoms with Gasteiger partial charge in [0.05, 0.1) is 32.0 Å². The van der Waals surface area contributed by atoms with Crippen molar-refractivity contribution in [1.82, 2.24) is 0 Å². The molecule has 0 saturated carbocycles. The summed E-state index contributed by atoms with van der Waals surface area (Å²) in [6, 6.07) is 39.4. The Kier molecular flexibility index (Phi) is 17.2. The van der Waals surface area contributed by atoms with Gasteiger partial charge in [0.2, 0.25) is 0 Å². The molecule has 0 unspecified atom stereocenters. The number of carboxylic acid groups (broad SMARTS) is 1. The Bertz CT molecular complexity index is 2850. The van der Waals surface area contributed by atoms with Crippen LogP contribution in [0.1, 0.15) is 51.4 Å². The summed E-state index contributed by atoms with van der Waals surface area (Å²) < 4.78 is 29.0. The zero-order valence-electron chi connectivity index (χ0n) is 36.6. The van der Waals surface area contributed by atoms with Crippen LogP contribution in [-0.4, -0.2) is 29.1 Å². The second-order valence-corrected chi connectivity index (χ2v) is 15.0. The van der Waals surface area contributed by atoms with Crippen molar-refractivity contribution in [3.63, 3.8) is 0 Å². The van der Waals surface area contributed by atoms with Crippen molar-refractivity contribution in [1.29, 1.82) is 0 Å². The maximum absolute atomic E-state index is 11.9. The standard InChI is InChI=1S/C27H27NO4.C25H23NO4.Li.H2O/c1-3-30-26(29)14-22-8-4-5-10-25(22)31-17-20-12-23-18(2)16-32-27(23)24(13-20)21-9-6-7-19(11-21)15-28;1-16-14-30-25-21(16)10-18(11-22(25)19-7-4-5-17(9-19)13-26)15-29-23-8-3-2-6-20(23)12-24(27)28;;/h4-13,16H,3,14-15,17,28H2,1-2H3;2-11,14H,12-13,15,26H2,1H3,(H,27,28);;1H2/q;;+1;/p-1. The molecule has 6 N–H and O–H groups in total. The smallest absolute Gasteiger partial charge is 0.870 e. The zero-order valence-corrected chi connectivity index (χ0v) is 36.6. The number of furan rings is 2. The third-order valence-corrected chi connectivity index (χ3v) is 10.5. The van der Waals surface area contributed by atoms with Crippen LogP contribution in [0.3, 0.4) is 0 Å². The summed E-state index contributed by atoms with van der Waals surface area (Å²) in [6.45, 7) is 7.84. The van der Waals surface area contributed by atoms with E-state index in [0.717, 1.165) is 83.1 Å². The van der Waals surface area contributed by atoms with E-state index in [1.54, 1.807) is 31.6 Å². The predicted octanol–water partition coefficient (Wildman–Crippen LogP) is 7.45. The molecule has 0 aliphatic heterocycles. The molecule has 324 valence electrons. The van der Waals surface area contributed by atoms with Gasteiger partial charge in [0.25, 0.3) is 0 Å². The van der Waals surface area contributed by atoms with E-state index < -0.39 is 5.97 Å². The third kappa shape index (κ3) is 11.7. The number of esters is 1. The molecule has 2 aromatic heterocycles. The Morgan fingerprint density at radius 2 is 1.05 bits per heavy atom. The fraction of sp³-hybridized carbons (Fsp3) is 0.192. The molecule has 0 fully saturated rings. The number of carbonyl (C=O) groups is 2. The van der Waals surface area contributed by atoms with Crippen molar-refractivity contribution in [3.05, 3.63) is 178 Å². The van der Waals surface area contributed by atoms with E-state index in [1.165, 1.54) is 0 Å². The Balaban J connectivity index is 0.000000234. The number of hydrogen-bond acceptors (Lipinski definition) is 10. The first-order valence-electron chi connectivity index (χ1n) is 20.5. The number of rotatable bonds is 15. The van der Waals surface area contributed by atoms with Gasteiger partial charge in [-0.05, 0) is 114 Å². The number of hydrogen-bond donors (Lipinski definition) is 3. The van der Waals surface area contributed by atoms with Gasteiger partial charge in [-0.15, -0.1) is 0 Å². The van der Waals surface area contributed by atoms with Crippen molar-refractivity contribution < 1.29 is 62.1 Å². The maximum atomic E-state index is 11.9. The second kappa shape index (κ2) is 22.7. The Morgan fingerprint density at radius 3 is 1.48 bits per heavy atom. The number of nitrogens with two attached hydrogens (primary N) is 2. The van der Waals surface area contributed by atoms with Crippen molar-refractivity contribution in [3.8, 4) is 33.8 Å². The number of carboxylic acids is 1. The molecule has 0 aliphatic carbocycles. The molecule has 0 saturated heterocycles. The Labute approximate surface area is 384 Å². The van der Waals surface area contributed by atoms with Gasteiger partial charge in [-0.3, -0.25) is 9.59 Å². The molecule has 64 heavy (non-hydrogen) atoms. The summed E-state index contributed by atoms with van der Waals surface area (Å²) in [7, 11) is 0. The van der Waals surface area contributed by atoms with Gasteiger partial charge in [-0.25, -0.2) is 0 Å². The number of benzene rings is 6. The number of para-hydroxylation sites is 2. The van der Waals surface area contributed by atoms with Crippen molar-refractivity contribution in [2.45, 2.75) is 59.9 Å². The number of aliphatic carboxylic acids is 1. The van der Waals surface area contributed by atoms with E-state index in [9.17, 15) is 9.59 Å². The summed E-state index contributed by atoms with van der Waals surface area (Å²) in [6.07, 6.45) is 3.64. The molecule has 12 heteroatoms. The SMILES string of the molecule is CCOC(=O)Cc1ccccc1OCc1cc(-c2cccc(CN)c2)c2occ(C)c2c1.Cc1coc2c(-c3cccc(CN)c3)cc(COc3ccccc3CC(=O)O)cc12.[Li+].[OH-]. The van der Waals surface area contributed by atoms with Crippen LogP contribution in [0.15, 0.2) is 143 Å². The summed E-state index contributed by atoms with van der Waals surface area (Å²) >= 11 is 0. The van der Waals surface area contributed by atoms with E-state index >= 15 is 0 Å². The summed E-state index contributed by atoms with van der Waals surface area (Å²) in [4.78, 5) is 23.1. The summed E-state index contributed by atoms with van der Waals surface area (Å²) in [5, 5.41) is 11.2. The molecule has 0 atom stereocenters. The van der Waals surface area contributed by atoms with E-state index in [0.29, 0.717) is 50.0 Å². The molecule has 8 rings (SSSR count). The average Bonchev–Trinajstić information content (AvgIpc) is 3.86. The van der Waals surface area contributed by atoms with Crippen molar-refractivity contribution in [2.75, 3.05) is 6.61 Å². The molecule has 2 heterocycles. The number of fused-ring (bicyclic) bond motifs is 2. The van der Waals surface area contributed by atoms with Crippen LogP contribution in [0.5, 0.6) is 11.5 Å². The molecule has 0 aliphatic rings. The van der Waals surface area contributed by atoms with Gasteiger partial charge in [0.15, 0.2) is 0 Å². The minimum absolute atomic E-state index is 0. The van der Waals surface area contributed by atoms with Crippen molar-refractivity contribution >= 4 is 33.9 Å². The molecule has 6 aromatic carbocycles. The quantitative estimate of drug-likeness (QED) is 0.0686. The Hall–Kier alpha value is -6.58. The molecular formula is C52H51LiN2O9. The van der Waals surface area contributed by atoms with Crippen LogP contribution in [0, 0.1) is 13.8 Å². The number of ether oxygens (including phenoxy) is 3. The normalized spacial score (nSPS) is 10.6. The minimum atomic E-state index is -0.886. The monoisotopic (exact) mass is 854 g/mol. The summed E-state index contributed by atoms with van der Waals surface area (Å²) in [5.74, 6) is 0.108. The first-order chi connectivity index (χ1) is 30.1. The molecule has 0 bridgehead atoms. The van der Waals surface area contributed by atoms with Crippen LogP contribution < -0.4 is 39.8 Å². The Morgan fingerprint density at radius 1 is 0.594 bits per heavy atom. The van der Waals surface area contributed by atoms with Crippen LogP contribution in [0.4, 0.5) is 0 Å². The largest absolute Gasteiger partial charge is 1.00 e. The second-order valence-electron chi connectivity index (χ2n) is 15.0. The van der Waals surface area contributed by atoms with Crippen LogP contribution >= 0.6 is 0 Å². The van der Waals surface area contributed by atoms with E-state index in [1.807, 2.05) is 80.6 Å². The maximum Gasteiger partial charge on any atom is 1.00 e.